The molecule has 1 rings (SSSR count). The number of rotatable bonds is 9. The van der Waals surface area contributed by atoms with Gasteiger partial charge in [-0.25, -0.2) is 0 Å². The van der Waals surface area contributed by atoms with Gasteiger partial charge in [-0.15, -0.1) is 0 Å². The van der Waals surface area contributed by atoms with Crippen molar-refractivity contribution in [2.45, 2.75) is 39.7 Å². The molecule has 6 nitrogen and oxygen atoms in total. The monoisotopic (exact) mass is 310 g/mol. The Balaban J connectivity index is 2.92. The van der Waals surface area contributed by atoms with Crippen molar-refractivity contribution in [1.82, 2.24) is 0 Å². The molecule has 22 heavy (non-hydrogen) atoms. The summed E-state index contributed by atoms with van der Waals surface area (Å²) in [6.45, 7) is 9.51. The zero-order chi connectivity index (χ0) is 16.8. The molecule has 0 amide bonds. The molecule has 0 saturated heterocycles. The second kappa shape index (κ2) is 8.03. The molecule has 0 radical (unpaired) electrons. The van der Waals surface area contributed by atoms with E-state index in [1.165, 1.54) is 6.26 Å². The van der Waals surface area contributed by atoms with Crippen LogP contribution in [0.5, 0.6) is 0 Å². The molecule has 1 unspecified atom stereocenters. The van der Waals surface area contributed by atoms with Gasteiger partial charge in [-0.05, 0) is 24.6 Å². The summed E-state index contributed by atoms with van der Waals surface area (Å²) in [5, 5.41) is 35.2. The third kappa shape index (κ3) is 4.91. The summed E-state index contributed by atoms with van der Waals surface area (Å²) in [4.78, 5) is 0. The van der Waals surface area contributed by atoms with Crippen molar-refractivity contribution < 1.29 is 20.1 Å². The summed E-state index contributed by atoms with van der Waals surface area (Å²) >= 11 is 0. The first-order valence-electron chi connectivity index (χ1n) is 7.23. The molecule has 124 valence electrons. The van der Waals surface area contributed by atoms with Gasteiger partial charge in [-0.3, -0.25) is 0 Å². The van der Waals surface area contributed by atoms with Gasteiger partial charge in [-0.2, -0.15) is 0 Å². The van der Waals surface area contributed by atoms with Crippen LogP contribution < -0.4 is 10.6 Å². The number of hydrogen-bond donors (Lipinski definition) is 5. The van der Waals surface area contributed by atoms with Gasteiger partial charge in [-0.1, -0.05) is 27.4 Å². The van der Waals surface area contributed by atoms with E-state index in [9.17, 15) is 15.3 Å². The molecule has 1 aromatic carbocycles. The maximum absolute atomic E-state index is 10.3. The maximum atomic E-state index is 10.3. The predicted molar refractivity (Wildman–Crippen MR) is 87.1 cm³/mol. The molecular formula is C16H26N2O4. The van der Waals surface area contributed by atoms with Crippen LogP contribution in [-0.2, 0) is 4.74 Å². The minimum absolute atomic E-state index is 0.225. The summed E-state index contributed by atoms with van der Waals surface area (Å²) in [6, 6.07) is 5.03. The Morgan fingerprint density at radius 2 is 2.00 bits per heavy atom. The third-order valence-electron chi connectivity index (χ3n) is 3.75. The van der Waals surface area contributed by atoms with Crippen molar-refractivity contribution in [2.24, 2.45) is 5.41 Å². The fraction of sp³-hybridized carbons (Fsp3) is 0.500. The molecule has 0 heterocycles. The molecule has 0 aromatic heterocycles. The second-order valence-electron chi connectivity index (χ2n) is 5.72. The fourth-order valence-electron chi connectivity index (χ4n) is 1.74. The molecule has 0 aliphatic rings. The molecule has 0 aliphatic carbocycles. The van der Waals surface area contributed by atoms with Crippen molar-refractivity contribution in [1.29, 1.82) is 0 Å². The molecule has 0 spiro atoms. The summed E-state index contributed by atoms with van der Waals surface area (Å²) in [7, 11) is 0. The smallest absolute Gasteiger partial charge is 0.180 e. The number of hydrogen-bond acceptors (Lipinski definition) is 6. The number of aliphatic hydroxyl groups is 3. The predicted octanol–water partition coefficient (Wildman–Crippen LogP) is 2.37. The summed E-state index contributed by atoms with van der Waals surface area (Å²) in [5.74, 6) is 0. The van der Waals surface area contributed by atoms with Crippen LogP contribution in [0.15, 0.2) is 31.0 Å². The highest BCUT2D eigenvalue weighted by Gasteiger charge is 2.26. The molecule has 1 aromatic rings. The first-order chi connectivity index (χ1) is 10.3. The average molecular weight is 310 g/mol. The van der Waals surface area contributed by atoms with E-state index in [1.807, 2.05) is 20.8 Å². The molecule has 5 N–H and O–H groups in total. The molecule has 0 bridgehead atoms. The van der Waals surface area contributed by atoms with Gasteiger partial charge < -0.3 is 30.7 Å². The SMILES string of the molecule is C=COCNc1ccc(NC(O)C(C)(C)CC)c(C(O)O)c1. The van der Waals surface area contributed by atoms with E-state index >= 15 is 0 Å². The Morgan fingerprint density at radius 1 is 1.32 bits per heavy atom. The van der Waals surface area contributed by atoms with E-state index in [0.717, 1.165) is 6.42 Å². The highest BCUT2D eigenvalue weighted by atomic mass is 16.5. The van der Waals surface area contributed by atoms with Crippen LogP contribution in [0.4, 0.5) is 11.4 Å². The number of ether oxygens (including phenoxy) is 1. The average Bonchev–Trinajstić information content (AvgIpc) is 2.48. The number of aliphatic hydroxyl groups excluding tert-OH is 2. The molecule has 6 heteroatoms. The van der Waals surface area contributed by atoms with Crippen molar-refractivity contribution in [2.75, 3.05) is 17.4 Å². The zero-order valence-corrected chi connectivity index (χ0v) is 13.3. The van der Waals surface area contributed by atoms with Crippen molar-refractivity contribution in [3.8, 4) is 0 Å². The van der Waals surface area contributed by atoms with Crippen LogP contribution >= 0.6 is 0 Å². The first kappa shape index (κ1) is 18.3. The highest BCUT2D eigenvalue weighted by molar-refractivity contribution is 5.60. The second-order valence-corrected chi connectivity index (χ2v) is 5.72. The largest absolute Gasteiger partial charge is 0.482 e. The van der Waals surface area contributed by atoms with Gasteiger partial charge in [0.2, 0.25) is 0 Å². The first-order valence-corrected chi connectivity index (χ1v) is 7.23. The van der Waals surface area contributed by atoms with Crippen LogP contribution in [0.2, 0.25) is 0 Å². The minimum atomic E-state index is -1.65. The molecule has 0 aliphatic heterocycles. The van der Waals surface area contributed by atoms with Gasteiger partial charge in [0.05, 0.1) is 6.26 Å². The lowest BCUT2D eigenvalue weighted by Crippen LogP contribution is -2.35. The van der Waals surface area contributed by atoms with Crippen LogP contribution in [0.3, 0.4) is 0 Å². The highest BCUT2D eigenvalue weighted by Crippen LogP contribution is 2.30. The van der Waals surface area contributed by atoms with Gasteiger partial charge >= 0.3 is 0 Å². The van der Waals surface area contributed by atoms with Crippen LogP contribution in [0, 0.1) is 5.41 Å². The van der Waals surface area contributed by atoms with Crippen molar-refractivity contribution >= 4 is 11.4 Å². The zero-order valence-electron chi connectivity index (χ0n) is 13.3. The van der Waals surface area contributed by atoms with E-state index < -0.39 is 12.5 Å². The minimum Gasteiger partial charge on any atom is -0.482 e. The number of anilines is 2. The summed E-state index contributed by atoms with van der Waals surface area (Å²) in [5.41, 5.74) is 1.07. The van der Waals surface area contributed by atoms with Crippen LogP contribution in [0.1, 0.15) is 39.0 Å². The lowest BCUT2D eigenvalue weighted by Gasteiger charge is -2.31. The van der Waals surface area contributed by atoms with Crippen LogP contribution in [0.25, 0.3) is 0 Å². The van der Waals surface area contributed by atoms with Crippen molar-refractivity contribution in [3.63, 3.8) is 0 Å². The number of benzene rings is 1. The van der Waals surface area contributed by atoms with E-state index in [2.05, 4.69) is 17.2 Å². The van der Waals surface area contributed by atoms with E-state index in [-0.39, 0.29) is 17.7 Å². The normalized spacial score (nSPS) is 12.9. The Labute approximate surface area is 131 Å². The van der Waals surface area contributed by atoms with Gasteiger partial charge in [0.25, 0.3) is 0 Å². The Kier molecular flexibility index (Phi) is 6.67. The summed E-state index contributed by atoms with van der Waals surface area (Å²) < 4.78 is 4.96. The third-order valence-corrected chi connectivity index (χ3v) is 3.75. The lowest BCUT2D eigenvalue weighted by molar-refractivity contribution is -0.0421. The Hall–Kier alpha value is -1.76. The van der Waals surface area contributed by atoms with Gasteiger partial charge in [0.15, 0.2) is 13.0 Å². The molecule has 1 atom stereocenters. The standard InChI is InChI=1S/C16H26N2O4/c1-5-16(3,4)15(21)18-13-8-7-11(17-10-22-6-2)9-12(13)14(19)20/h6-9,14-15,17-21H,2,5,10H2,1,3-4H3. The quantitative estimate of drug-likeness (QED) is 0.273. The maximum Gasteiger partial charge on any atom is 0.180 e. The molecule has 0 fully saturated rings. The molecular weight excluding hydrogens is 284 g/mol. The lowest BCUT2D eigenvalue weighted by atomic mass is 9.88. The number of nitrogens with one attached hydrogen (secondary N) is 2. The Bertz CT molecular complexity index is 489. The fourth-order valence-corrected chi connectivity index (χ4v) is 1.74. The van der Waals surface area contributed by atoms with Gasteiger partial charge in [0, 0.05) is 22.4 Å². The summed E-state index contributed by atoms with van der Waals surface area (Å²) in [6.07, 6.45) is -0.371. The van der Waals surface area contributed by atoms with E-state index in [1.54, 1.807) is 18.2 Å². The van der Waals surface area contributed by atoms with E-state index in [0.29, 0.717) is 11.4 Å². The van der Waals surface area contributed by atoms with Crippen molar-refractivity contribution in [3.05, 3.63) is 36.6 Å². The van der Waals surface area contributed by atoms with Gasteiger partial charge in [0.1, 0.15) is 6.23 Å². The van der Waals surface area contributed by atoms with E-state index in [4.69, 9.17) is 4.74 Å². The topological polar surface area (TPSA) is 94.0 Å². The Morgan fingerprint density at radius 3 is 2.55 bits per heavy atom. The molecule has 0 saturated carbocycles. The van der Waals surface area contributed by atoms with Crippen LogP contribution in [-0.4, -0.2) is 28.3 Å².